The van der Waals surface area contributed by atoms with Crippen LogP contribution in [0.5, 0.6) is 12.0 Å². The molecule has 1 atom stereocenters. The van der Waals surface area contributed by atoms with Crippen molar-refractivity contribution >= 4 is 5.95 Å². The zero-order valence-electron chi connectivity index (χ0n) is 13.7. The number of unbranched alkanes of at least 4 members (excludes halogenated alkanes) is 3. The first-order chi connectivity index (χ1) is 10.2. The van der Waals surface area contributed by atoms with Crippen molar-refractivity contribution in [2.75, 3.05) is 18.5 Å². The van der Waals surface area contributed by atoms with E-state index in [1.54, 1.807) is 0 Å². The average Bonchev–Trinajstić information content (AvgIpc) is 2.44. The lowest BCUT2D eigenvalue weighted by atomic mass is 10.1. The standard InChI is InChI=1S/C15H28N4O2/c1-5-8-9-10-11-12(4)21-15-18-13(16-6-2)17-14(19-15)20-7-3/h12H,5-11H2,1-4H3,(H,16,17,18,19). The van der Waals surface area contributed by atoms with Crippen molar-refractivity contribution in [3.05, 3.63) is 0 Å². The highest BCUT2D eigenvalue weighted by Crippen LogP contribution is 2.16. The number of aromatic nitrogens is 3. The number of rotatable bonds is 11. The van der Waals surface area contributed by atoms with E-state index in [1.807, 2.05) is 20.8 Å². The van der Waals surface area contributed by atoms with Crippen LogP contribution < -0.4 is 14.8 Å². The molecule has 21 heavy (non-hydrogen) atoms. The molecule has 1 heterocycles. The van der Waals surface area contributed by atoms with Gasteiger partial charge in [0.15, 0.2) is 0 Å². The fraction of sp³-hybridized carbons (Fsp3) is 0.800. The summed E-state index contributed by atoms with van der Waals surface area (Å²) in [7, 11) is 0. The van der Waals surface area contributed by atoms with E-state index in [0.717, 1.165) is 13.0 Å². The third-order valence-electron chi connectivity index (χ3n) is 2.97. The molecular weight excluding hydrogens is 268 g/mol. The summed E-state index contributed by atoms with van der Waals surface area (Å²) in [4.78, 5) is 12.6. The van der Waals surface area contributed by atoms with Crippen molar-refractivity contribution in [2.24, 2.45) is 0 Å². The van der Waals surface area contributed by atoms with E-state index in [9.17, 15) is 0 Å². The fourth-order valence-electron chi connectivity index (χ4n) is 1.92. The molecule has 0 saturated heterocycles. The van der Waals surface area contributed by atoms with E-state index in [4.69, 9.17) is 9.47 Å². The minimum atomic E-state index is 0.0909. The molecule has 0 aromatic carbocycles. The first-order valence-corrected chi connectivity index (χ1v) is 7.98. The summed E-state index contributed by atoms with van der Waals surface area (Å²) >= 11 is 0. The zero-order chi connectivity index (χ0) is 15.5. The fourth-order valence-corrected chi connectivity index (χ4v) is 1.92. The highest BCUT2D eigenvalue weighted by atomic mass is 16.5. The Labute approximate surface area is 127 Å². The van der Waals surface area contributed by atoms with Gasteiger partial charge in [-0.2, -0.15) is 9.97 Å². The van der Waals surface area contributed by atoms with Crippen LogP contribution in [-0.2, 0) is 0 Å². The highest BCUT2D eigenvalue weighted by molar-refractivity contribution is 5.27. The van der Waals surface area contributed by atoms with Gasteiger partial charge >= 0.3 is 12.0 Å². The molecule has 1 rings (SSSR count). The van der Waals surface area contributed by atoms with Crippen LogP contribution in [-0.4, -0.2) is 34.2 Å². The van der Waals surface area contributed by atoms with Crippen LogP contribution in [0.2, 0.25) is 0 Å². The first kappa shape index (κ1) is 17.5. The van der Waals surface area contributed by atoms with E-state index in [0.29, 0.717) is 24.6 Å². The summed E-state index contributed by atoms with van der Waals surface area (Å²) in [5.74, 6) is 0.490. The largest absolute Gasteiger partial charge is 0.464 e. The number of hydrogen-bond acceptors (Lipinski definition) is 6. The topological polar surface area (TPSA) is 69.2 Å². The van der Waals surface area contributed by atoms with Crippen molar-refractivity contribution in [1.29, 1.82) is 0 Å². The number of hydrogen-bond donors (Lipinski definition) is 1. The summed E-state index contributed by atoms with van der Waals surface area (Å²) in [6.45, 7) is 9.39. The molecule has 120 valence electrons. The Morgan fingerprint density at radius 2 is 1.76 bits per heavy atom. The Morgan fingerprint density at radius 3 is 2.43 bits per heavy atom. The van der Waals surface area contributed by atoms with Crippen LogP contribution in [0.15, 0.2) is 0 Å². The van der Waals surface area contributed by atoms with Crippen LogP contribution in [0.4, 0.5) is 5.95 Å². The minimum absolute atomic E-state index is 0.0909. The maximum atomic E-state index is 5.79. The average molecular weight is 296 g/mol. The Balaban J connectivity index is 2.58. The smallest absolute Gasteiger partial charge is 0.324 e. The van der Waals surface area contributed by atoms with Crippen molar-refractivity contribution in [3.8, 4) is 12.0 Å². The van der Waals surface area contributed by atoms with E-state index in [2.05, 4.69) is 27.2 Å². The molecule has 0 aliphatic carbocycles. The SMILES string of the molecule is CCCCCCC(C)Oc1nc(NCC)nc(OCC)n1. The van der Waals surface area contributed by atoms with Gasteiger partial charge in [-0.3, -0.25) is 0 Å². The predicted octanol–water partition coefficient (Wildman–Crippen LogP) is 3.44. The van der Waals surface area contributed by atoms with Gasteiger partial charge in [0.1, 0.15) is 0 Å². The van der Waals surface area contributed by atoms with Gasteiger partial charge in [0.2, 0.25) is 5.95 Å². The van der Waals surface area contributed by atoms with E-state index < -0.39 is 0 Å². The molecule has 0 aliphatic rings. The molecule has 0 fully saturated rings. The van der Waals surface area contributed by atoms with Crippen molar-refractivity contribution in [2.45, 2.75) is 65.9 Å². The quantitative estimate of drug-likeness (QED) is 0.631. The second-order valence-corrected chi connectivity index (χ2v) is 4.97. The normalized spacial score (nSPS) is 12.0. The molecule has 0 saturated carbocycles. The molecule has 1 unspecified atom stereocenters. The monoisotopic (exact) mass is 296 g/mol. The number of ether oxygens (including phenoxy) is 2. The van der Waals surface area contributed by atoms with Crippen molar-refractivity contribution in [3.63, 3.8) is 0 Å². The van der Waals surface area contributed by atoms with Gasteiger partial charge in [-0.15, -0.1) is 4.98 Å². The molecule has 0 aliphatic heterocycles. The second kappa shape index (κ2) is 10.2. The minimum Gasteiger partial charge on any atom is -0.464 e. The maximum Gasteiger partial charge on any atom is 0.324 e. The first-order valence-electron chi connectivity index (χ1n) is 7.98. The van der Waals surface area contributed by atoms with E-state index >= 15 is 0 Å². The van der Waals surface area contributed by atoms with Crippen LogP contribution in [0.3, 0.4) is 0 Å². The molecule has 6 nitrogen and oxygen atoms in total. The Kier molecular flexibility index (Phi) is 8.47. The van der Waals surface area contributed by atoms with Crippen LogP contribution in [0.25, 0.3) is 0 Å². The Hall–Kier alpha value is -1.59. The molecule has 1 aromatic heterocycles. The lowest BCUT2D eigenvalue weighted by Gasteiger charge is -2.14. The number of nitrogens with zero attached hydrogens (tertiary/aromatic N) is 3. The zero-order valence-corrected chi connectivity index (χ0v) is 13.7. The van der Waals surface area contributed by atoms with Crippen molar-refractivity contribution < 1.29 is 9.47 Å². The van der Waals surface area contributed by atoms with Gasteiger partial charge in [0.05, 0.1) is 12.7 Å². The molecular formula is C15H28N4O2. The highest BCUT2D eigenvalue weighted by Gasteiger charge is 2.11. The second-order valence-electron chi connectivity index (χ2n) is 4.97. The summed E-state index contributed by atoms with van der Waals surface area (Å²) in [6.07, 6.45) is 6.02. The van der Waals surface area contributed by atoms with Gasteiger partial charge in [-0.1, -0.05) is 26.2 Å². The van der Waals surface area contributed by atoms with Crippen LogP contribution >= 0.6 is 0 Å². The van der Waals surface area contributed by atoms with Crippen LogP contribution in [0.1, 0.15) is 59.8 Å². The number of anilines is 1. The molecule has 0 bridgehead atoms. The lowest BCUT2D eigenvalue weighted by Crippen LogP contribution is -2.15. The molecule has 6 heteroatoms. The molecule has 1 aromatic rings. The molecule has 0 radical (unpaired) electrons. The Bertz CT molecular complexity index is 377. The van der Waals surface area contributed by atoms with Crippen LogP contribution in [0, 0.1) is 0 Å². The summed E-state index contributed by atoms with van der Waals surface area (Å²) in [5, 5.41) is 3.06. The van der Waals surface area contributed by atoms with Gasteiger partial charge in [-0.05, 0) is 33.6 Å². The molecule has 0 amide bonds. The van der Waals surface area contributed by atoms with Crippen molar-refractivity contribution in [1.82, 2.24) is 15.0 Å². The summed E-state index contributed by atoms with van der Waals surface area (Å²) < 4.78 is 11.1. The third-order valence-corrected chi connectivity index (χ3v) is 2.97. The third kappa shape index (κ3) is 7.11. The van der Waals surface area contributed by atoms with Gasteiger partial charge in [-0.25, -0.2) is 0 Å². The lowest BCUT2D eigenvalue weighted by molar-refractivity contribution is 0.184. The van der Waals surface area contributed by atoms with E-state index in [-0.39, 0.29) is 6.10 Å². The Morgan fingerprint density at radius 1 is 1.00 bits per heavy atom. The van der Waals surface area contributed by atoms with E-state index in [1.165, 1.54) is 25.7 Å². The predicted molar refractivity (Wildman–Crippen MR) is 84.0 cm³/mol. The molecule has 1 N–H and O–H groups in total. The summed E-state index contributed by atoms with van der Waals surface area (Å²) in [5.41, 5.74) is 0. The van der Waals surface area contributed by atoms with Gasteiger partial charge in [0, 0.05) is 6.54 Å². The van der Waals surface area contributed by atoms with Gasteiger partial charge < -0.3 is 14.8 Å². The summed E-state index contributed by atoms with van der Waals surface area (Å²) in [6, 6.07) is 0.629. The van der Waals surface area contributed by atoms with Gasteiger partial charge in [0.25, 0.3) is 0 Å². The maximum absolute atomic E-state index is 5.79. The number of nitrogens with one attached hydrogen (secondary N) is 1. The molecule has 0 spiro atoms.